The maximum absolute atomic E-state index is 2.35. The summed E-state index contributed by atoms with van der Waals surface area (Å²) in [7, 11) is 0. The summed E-state index contributed by atoms with van der Waals surface area (Å²) < 4.78 is 0. The van der Waals surface area contributed by atoms with Crippen molar-refractivity contribution in [3.8, 4) is 0 Å². The molecule has 0 aliphatic carbocycles. The summed E-state index contributed by atoms with van der Waals surface area (Å²) in [6.07, 6.45) is 0. The van der Waals surface area contributed by atoms with Crippen LogP contribution in [0, 0.1) is 0 Å². The molecule has 0 aliphatic heterocycles. The standard InChI is InChI=1S/C3H10Ge.Sn.4H/c1-4(2)3;;;;;/h4H,1-3H3;;;;;. The van der Waals surface area contributed by atoms with Crippen molar-refractivity contribution in [3.05, 3.63) is 0 Å². The molecule has 0 N–H and O–H groups in total. The van der Waals surface area contributed by atoms with Gasteiger partial charge in [-0.15, -0.1) is 0 Å². The van der Waals surface area contributed by atoms with Gasteiger partial charge in [0.1, 0.15) is 0 Å². The molecule has 0 fully saturated rings. The molecule has 0 bridgehead atoms. The summed E-state index contributed by atoms with van der Waals surface area (Å²) in [5.41, 5.74) is 0. The zero-order valence-electron chi connectivity index (χ0n) is 3.58. The Morgan fingerprint density at radius 1 is 1.00 bits per heavy atom. The topological polar surface area (TPSA) is 0 Å². The van der Waals surface area contributed by atoms with Crippen LogP contribution in [0.1, 0.15) is 0 Å². The second kappa shape index (κ2) is 5.34. The Morgan fingerprint density at radius 2 is 1.00 bits per heavy atom. The van der Waals surface area contributed by atoms with Gasteiger partial charge in [0.15, 0.2) is 0 Å². The summed E-state index contributed by atoms with van der Waals surface area (Å²) in [5, 5.41) is 0. The minimum absolute atomic E-state index is 0. The van der Waals surface area contributed by atoms with E-state index in [1.165, 1.54) is 0 Å². The van der Waals surface area contributed by atoms with Crippen LogP contribution in [0.4, 0.5) is 0 Å². The molecule has 0 nitrogen and oxygen atoms in total. The Bertz CT molecular complexity index is 11.6. The average molecular weight is 241 g/mol. The van der Waals surface area contributed by atoms with Gasteiger partial charge in [0, 0.05) is 0 Å². The predicted octanol–water partition coefficient (Wildman–Crippen LogP) is -0.349. The van der Waals surface area contributed by atoms with Gasteiger partial charge < -0.3 is 0 Å². The van der Waals surface area contributed by atoms with Crippen molar-refractivity contribution in [3.63, 3.8) is 0 Å². The molecular formula is C3H14GeSn. The Hall–Kier alpha value is 1.34. The van der Waals surface area contributed by atoms with E-state index < -0.39 is 14.3 Å². The third kappa shape index (κ3) is 33.1. The van der Waals surface area contributed by atoms with Gasteiger partial charge in [-0.25, -0.2) is 0 Å². The van der Waals surface area contributed by atoms with Gasteiger partial charge in [0.05, 0.1) is 0 Å². The molecule has 0 aliphatic rings. The van der Waals surface area contributed by atoms with E-state index in [0.29, 0.717) is 0 Å². The van der Waals surface area contributed by atoms with Crippen LogP contribution in [0.15, 0.2) is 0 Å². The quantitative estimate of drug-likeness (QED) is 0.509. The molecule has 0 aromatic carbocycles. The first kappa shape index (κ1) is 9.60. The normalized spacial score (nSPS) is 7.20. The SMILES string of the molecule is [CH3][GeH]([CH3])[CH3].[SnH4]. The van der Waals surface area contributed by atoms with E-state index >= 15 is 0 Å². The van der Waals surface area contributed by atoms with Crippen LogP contribution in [0.25, 0.3) is 0 Å². The van der Waals surface area contributed by atoms with Gasteiger partial charge in [-0.2, -0.15) is 0 Å². The molecule has 0 aromatic rings. The fraction of sp³-hybridized carbons (Fsp3) is 1.00. The van der Waals surface area contributed by atoms with Crippen molar-refractivity contribution >= 4 is 38.3 Å². The predicted molar refractivity (Wildman–Crippen MR) is 36.1 cm³/mol. The van der Waals surface area contributed by atoms with Gasteiger partial charge in [0.25, 0.3) is 0 Å². The van der Waals surface area contributed by atoms with Crippen molar-refractivity contribution in [1.29, 1.82) is 0 Å². The van der Waals surface area contributed by atoms with Crippen LogP contribution in [-0.4, -0.2) is 38.3 Å². The van der Waals surface area contributed by atoms with Crippen molar-refractivity contribution in [1.82, 2.24) is 0 Å². The van der Waals surface area contributed by atoms with Gasteiger partial charge in [0.2, 0.25) is 0 Å². The maximum atomic E-state index is 2.35. The fourth-order valence-electron chi connectivity index (χ4n) is 0. The molecule has 0 aromatic heterocycles. The molecule has 0 saturated carbocycles. The molecule has 0 atom stereocenters. The molecule has 0 spiro atoms. The Labute approximate surface area is 55.4 Å². The fourth-order valence-corrected chi connectivity index (χ4v) is 0. The average Bonchev–Trinajstić information content (AvgIpc) is 0.811. The van der Waals surface area contributed by atoms with E-state index in [9.17, 15) is 0 Å². The third-order valence-electron chi connectivity index (χ3n) is 0. The molecule has 34 valence electrons. The Morgan fingerprint density at radius 3 is 1.00 bits per heavy atom. The second-order valence-electron chi connectivity index (χ2n) is 1.73. The van der Waals surface area contributed by atoms with E-state index in [1.54, 1.807) is 0 Å². The Balaban J connectivity index is 0. The van der Waals surface area contributed by atoms with Crippen molar-refractivity contribution in [2.24, 2.45) is 0 Å². The molecule has 0 heterocycles. The van der Waals surface area contributed by atoms with Crippen LogP contribution < -0.4 is 0 Å². The van der Waals surface area contributed by atoms with Crippen molar-refractivity contribution < 1.29 is 0 Å². The minimum atomic E-state index is -0.479. The summed E-state index contributed by atoms with van der Waals surface area (Å²) in [6.45, 7) is 0. The van der Waals surface area contributed by atoms with E-state index in [2.05, 4.69) is 17.3 Å². The summed E-state index contributed by atoms with van der Waals surface area (Å²) in [6, 6.07) is 0. The van der Waals surface area contributed by atoms with E-state index in [-0.39, 0.29) is 23.9 Å². The molecule has 0 unspecified atom stereocenters. The first-order valence-corrected chi connectivity index (χ1v) is 9.00. The van der Waals surface area contributed by atoms with E-state index in [4.69, 9.17) is 0 Å². The summed E-state index contributed by atoms with van der Waals surface area (Å²) >= 11 is -0.479. The van der Waals surface area contributed by atoms with Crippen LogP contribution in [0.3, 0.4) is 0 Å². The zero-order chi connectivity index (χ0) is 3.58. The molecular weight excluding hydrogens is 227 g/mol. The van der Waals surface area contributed by atoms with Gasteiger partial charge >= 0.3 is 55.5 Å². The van der Waals surface area contributed by atoms with Gasteiger partial charge in [-0.1, -0.05) is 0 Å². The molecule has 2 heteroatoms. The van der Waals surface area contributed by atoms with Crippen molar-refractivity contribution in [2.45, 2.75) is 17.3 Å². The van der Waals surface area contributed by atoms with Crippen LogP contribution in [0.5, 0.6) is 0 Å². The van der Waals surface area contributed by atoms with Crippen LogP contribution in [0.2, 0.25) is 17.3 Å². The zero-order valence-corrected chi connectivity index (χ0v) is 6.00. The first-order valence-electron chi connectivity index (χ1n) is 1.73. The molecule has 0 rings (SSSR count). The summed E-state index contributed by atoms with van der Waals surface area (Å²) in [5.74, 6) is 7.06. The molecule has 0 amide bonds. The third-order valence-corrected chi connectivity index (χ3v) is 0. The van der Waals surface area contributed by atoms with Crippen molar-refractivity contribution in [2.75, 3.05) is 0 Å². The van der Waals surface area contributed by atoms with Gasteiger partial charge in [-0.05, 0) is 0 Å². The van der Waals surface area contributed by atoms with Crippen LogP contribution in [-0.2, 0) is 0 Å². The monoisotopic (exact) mass is 244 g/mol. The second-order valence-corrected chi connectivity index (χ2v) is 9.00. The Kier molecular flexibility index (Phi) is 10.3. The number of hydrogen-bond donors (Lipinski definition) is 0. The van der Waals surface area contributed by atoms with Gasteiger partial charge in [-0.3, -0.25) is 0 Å². The molecule has 5 heavy (non-hydrogen) atoms. The van der Waals surface area contributed by atoms with E-state index in [0.717, 1.165) is 0 Å². The first-order chi connectivity index (χ1) is 1.73. The van der Waals surface area contributed by atoms with E-state index in [1.807, 2.05) is 0 Å². The number of hydrogen-bond acceptors (Lipinski definition) is 0. The number of rotatable bonds is 0. The molecule has 0 radical (unpaired) electrons. The van der Waals surface area contributed by atoms with Crippen LogP contribution >= 0.6 is 0 Å². The molecule has 0 saturated heterocycles. The summed E-state index contributed by atoms with van der Waals surface area (Å²) in [4.78, 5) is 0.